The van der Waals surface area contributed by atoms with Crippen LogP contribution in [0.3, 0.4) is 0 Å². The number of ketones is 2. The Morgan fingerprint density at radius 2 is 1.35 bits per heavy atom. The number of Topliss-reactive ketones (excluding diaryl/α,β-unsaturated/α-hetero) is 2. The highest BCUT2D eigenvalue weighted by molar-refractivity contribution is 7.90. The third-order valence-electron chi connectivity index (χ3n) is 9.06. The van der Waals surface area contributed by atoms with E-state index >= 15 is 0 Å². The molecule has 0 aliphatic rings. The van der Waals surface area contributed by atoms with Crippen LogP contribution in [-0.4, -0.2) is 73.4 Å². The van der Waals surface area contributed by atoms with Crippen molar-refractivity contribution in [1.82, 2.24) is 10.6 Å². The smallest absolute Gasteiger partial charge is 0.382 e. The molecule has 0 aliphatic heterocycles. The minimum absolute atomic E-state index is 0.0270. The van der Waals surface area contributed by atoms with E-state index in [0.717, 1.165) is 17.4 Å². The van der Waals surface area contributed by atoms with Gasteiger partial charge in [-0.2, -0.15) is 13.2 Å². The van der Waals surface area contributed by atoms with Crippen molar-refractivity contribution in [3.8, 4) is 11.1 Å². The molecule has 3 aromatic carbocycles. The van der Waals surface area contributed by atoms with E-state index in [1.807, 2.05) is 0 Å². The van der Waals surface area contributed by atoms with E-state index in [0.29, 0.717) is 11.1 Å². The molecule has 2 unspecified atom stereocenters. The van der Waals surface area contributed by atoms with Crippen LogP contribution in [0.4, 0.5) is 13.2 Å². The van der Waals surface area contributed by atoms with Crippen molar-refractivity contribution < 1.29 is 50.7 Å². The highest BCUT2D eigenvalue weighted by Gasteiger charge is 2.44. The van der Waals surface area contributed by atoms with Gasteiger partial charge in [0, 0.05) is 42.9 Å². The van der Waals surface area contributed by atoms with Crippen molar-refractivity contribution in [2.24, 2.45) is 23.5 Å². The van der Waals surface area contributed by atoms with Gasteiger partial charge in [-0.3, -0.25) is 24.0 Å². The molecule has 15 heteroatoms. The normalized spacial score (nSPS) is 14.7. The Morgan fingerprint density at radius 3 is 1.85 bits per heavy atom. The second-order valence-electron chi connectivity index (χ2n) is 13.8. The number of aliphatic hydroxyl groups excluding tert-OH is 1. The number of alkyl halides is 3. The molecular formula is C39H46F3N3O8S. The summed E-state index contributed by atoms with van der Waals surface area (Å²) in [5.74, 6) is -5.78. The van der Waals surface area contributed by atoms with E-state index in [-0.39, 0.29) is 29.4 Å². The molecule has 0 heterocycles. The first kappa shape index (κ1) is 43.5. The first-order valence-electron chi connectivity index (χ1n) is 17.3. The van der Waals surface area contributed by atoms with Crippen molar-refractivity contribution in [1.29, 1.82) is 0 Å². The number of carbonyl (C=O) groups excluding carboxylic acids is 5. The van der Waals surface area contributed by atoms with Gasteiger partial charge in [-0.15, -0.1) is 0 Å². The van der Waals surface area contributed by atoms with Crippen LogP contribution in [0.15, 0.2) is 83.8 Å². The second kappa shape index (κ2) is 18.9. The zero-order valence-corrected chi connectivity index (χ0v) is 31.2. The summed E-state index contributed by atoms with van der Waals surface area (Å²) in [6.07, 6.45) is -8.74. The van der Waals surface area contributed by atoms with Crippen LogP contribution < -0.4 is 16.4 Å². The molecule has 5 N–H and O–H groups in total. The standard InChI is InChI=1S/C39H46F3N3O8S/c1-23(2)30(22-33(46)28-12-10-26(11-13-28)27-14-16-29(17-15-27)54(4,52)53)38(51)45-32(21-25-8-6-5-7-9-25)34(47)20-24(3)37(50)44-31(18-19-35(43)48)36(49)39(40,41)42/h5-17,23-24,30-32,36,49H,18-22H2,1-4H3,(H2,43,48)(H,44,50)(H,45,51)/t24-,30+,31?,32+,36?/m1/s1. The molecule has 0 fully saturated rings. The van der Waals surface area contributed by atoms with Gasteiger partial charge in [-0.05, 0) is 47.6 Å². The lowest BCUT2D eigenvalue weighted by atomic mass is 9.87. The van der Waals surface area contributed by atoms with Crippen LogP contribution in [0, 0.1) is 17.8 Å². The largest absolute Gasteiger partial charge is 0.416 e. The minimum Gasteiger partial charge on any atom is -0.382 e. The monoisotopic (exact) mass is 773 g/mol. The Bertz CT molecular complexity index is 1880. The number of amides is 3. The Balaban J connectivity index is 1.75. The molecule has 3 rings (SSSR count). The van der Waals surface area contributed by atoms with Crippen LogP contribution in [0.2, 0.25) is 0 Å². The third-order valence-corrected chi connectivity index (χ3v) is 10.2. The predicted molar refractivity (Wildman–Crippen MR) is 196 cm³/mol. The maximum Gasteiger partial charge on any atom is 0.416 e. The summed E-state index contributed by atoms with van der Waals surface area (Å²) in [6.45, 7) is 4.82. The van der Waals surface area contributed by atoms with Crippen LogP contribution in [0.5, 0.6) is 0 Å². The van der Waals surface area contributed by atoms with Crippen LogP contribution >= 0.6 is 0 Å². The Labute approximate surface area is 312 Å². The van der Waals surface area contributed by atoms with Gasteiger partial charge in [0.1, 0.15) is 0 Å². The van der Waals surface area contributed by atoms with Gasteiger partial charge >= 0.3 is 6.18 Å². The summed E-state index contributed by atoms with van der Waals surface area (Å²) >= 11 is 0. The van der Waals surface area contributed by atoms with E-state index in [1.165, 1.54) is 19.1 Å². The number of sulfone groups is 1. The van der Waals surface area contributed by atoms with E-state index in [9.17, 15) is 50.7 Å². The Morgan fingerprint density at radius 1 is 0.796 bits per heavy atom. The maximum atomic E-state index is 13.7. The predicted octanol–water partition coefficient (Wildman–Crippen LogP) is 4.60. The quantitative estimate of drug-likeness (QED) is 0.127. The van der Waals surface area contributed by atoms with Crippen LogP contribution in [0.25, 0.3) is 11.1 Å². The summed E-state index contributed by atoms with van der Waals surface area (Å²) in [5.41, 5.74) is 7.55. The van der Waals surface area contributed by atoms with Crippen LogP contribution in [0.1, 0.15) is 62.4 Å². The number of hydrogen-bond donors (Lipinski definition) is 4. The Hall–Kier alpha value is -4.89. The first-order chi connectivity index (χ1) is 25.2. The van der Waals surface area contributed by atoms with Gasteiger partial charge in [0.15, 0.2) is 27.5 Å². The Kier molecular flexibility index (Phi) is 15.3. The van der Waals surface area contributed by atoms with Gasteiger partial charge < -0.3 is 21.5 Å². The van der Waals surface area contributed by atoms with E-state index in [2.05, 4.69) is 10.6 Å². The molecule has 0 spiro atoms. The lowest BCUT2D eigenvalue weighted by Crippen LogP contribution is -2.52. The molecule has 0 aromatic heterocycles. The number of nitrogens with two attached hydrogens (primary N) is 1. The molecule has 11 nitrogen and oxygen atoms in total. The number of halogens is 3. The fourth-order valence-corrected chi connectivity index (χ4v) is 6.39. The number of benzene rings is 3. The molecule has 0 saturated carbocycles. The maximum absolute atomic E-state index is 13.7. The molecule has 292 valence electrons. The van der Waals surface area contributed by atoms with E-state index < -0.39 is 88.8 Å². The highest BCUT2D eigenvalue weighted by Crippen LogP contribution is 2.26. The van der Waals surface area contributed by atoms with Crippen LogP contribution in [-0.2, 0) is 35.4 Å². The minimum atomic E-state index is -5.10. The van der Waals surface area contributed by atoms with Gasteiger partial charge in [-0.1, -0.05) is 87.5 Å². The lowest BCUT2D eigenvalue weighted by molar-refractivity contribution is -0.213. The number of aliphatic hydroxyl groups is 1. The van der Waals surface area contributed by atoms with E-state index in [1.54, 1.807) is 80.6 Å². The molecule has 3 amide bonds. The van der Waals surface area contributed by atoms with Crippen molar-refractivity contribution in [2.75, 3.05) is 6.26 Å². The summed E-state index contributed by atoms with van der Waals surface area (Å²) in [6, 6.07) is 18.6. The highest BCUT2D eigenvalue weighted by atomic mass is 32.2. The summed E-state index contributed by atoms with van der Waals surface area (Å²) < 4.78 is 63.5. The zero-order valence-electron chi connectivity index (χ0n) is 30.4. The van der Waals surface area contributed by atoms with Gasteiger partial charge in [0.05, 0.1) is 17.0 Å². The average Bonchev–Trinajstić information content (AvgIpc) is 3.11. The van der Waals surface area contributed by atoms with Crippen molar-refractivity contribution >= 4 is 39.1 Å². The first-order valence-corrected chi connectivity index (χ1v) is 19.2. The molecule has 0 saturated heterocycles. The number of carbonyl (C=O) groups is 5. The average molecular weight is 774 g/mol. The molecular weight excluding hydrogens is 728 g/mol. The van der Waals surface area contributed by atoms with Gasteiger partial charge in [0.2, 0.25) is 17.7 Å². The SMILES string of the molecule is CC(C)[C@H](CC(=O)c1ccc(-c2ccc(S(C)(=O)=O)cc2)cc1)C(=O)N[C@@H](Cc1ccccc1)C(=O)C[C@@H](C)C(=O)NC(CCC(N)=O)C(O)C(F)(F)F. The topological polar surface area (TPSA) is 190 Å². The fourth-order valence-electron chi connectivity index (χ4n) is 5.76. The summed E-state index contributed by atoms with van der Waals surface area (Å²) in [4.78, 5) is 65.2. The molecule has 0 radical (unpaired) electrons. The molecule has 54 heavy (non-hydrogen) atoms. The number of rotatable bonds is 19. The number of hydrogen-bond acceptors (Lipinski definition) is 8. The molecule has 5 atom stereocenters. The van der Waals surface area contributed by atoms with Gasteiger partial charge in [0.25, 0.3) is 0 Å². The summed E-state index contributed by atoms with van der Waals surface area (Å²) in [7, 11) is -3.36. The van der Waals surface area contributed by atoms with Crippen molar-refractivity contribution in [2.45, 2.75) is 82.1 Å². The second-order valence-corrected chi connectivity index (χ2v) is 15.8. The fraction of sp³-hybridized carbons (Fsp3) is 0.410. The third kappa shape index (κ3) is 12.9. The van der Waals surface area contributed by atoms with E-state index in [4.69, 9.17) is 5.73 Å². The molecule has 0 bridgehead atoms. The number of nitrogens with one attached hydrogen (secondary N) is 2. The summed E-state index contributed by atoms with van der Waals surface area (Å²) in [5, 5.41) is 14.6. The van der Waals surface area contributed by atoms with Crippen molar-refractivity contribution in [3.63, 3.8) is 0 Å². The molecule has 3 aromatic rings. The van der Waals surface area contributed by atoms with Crippen molar-refractivity contribution in [3.05, 3.63) is 90.0 Å². The lowest BCUT2D eigenvalue weighted by Gasteiger charge is -2.27. The van der Waals surface area contributed by atoms with Gasteiger partial charge in [-0.25, -0.2) is 8.42 Å². The zero-order chi connectivity index (χ0) is 40.4. The number of primary amides is 1. The molecule has 0 aliphatic carbocycles.